The Labute approximate surface area is 124 Å². The predicted octanol–water partition coefficient (Wildman–Crippen LogP) is 4.74. The number of carbonyl (C=O) groups is 2. The molecule has 0 rings (SSSR count). The maximum absolute atomic E-state index is 11.3. The molecule has 20 heavy (non-hydrogen) atoms. The van der Waals surface area contributed by atoms with E-state index in [1.165, 1.54) is 57.8 Å². The number of amides is 2. The topological polar surface area (TPSA) is 46.2 Å². The first kappa shape index (κ1) is 19.1. The summed E-state index contributed by atoms with van der Waals surface area (Å²) in [7, 11) is 0. The summed E-state index contributed by atoms with van der Waals surface area (Å²) >= 11 is 0. The van der Waals surface area contributed by atoms with Crippen LogP contribution < -0.4 is 5.32 Å². The second-order valence-corrected chi connectivity index (χ2v) is 5.61. The van der Waals surface area contributed by atoms with E-state index >= 15 is 0 Å². The molecule has 0 aliphatic carbocycles. The minimum Gasteiger partial charge on any atom is -0.296 e. The van der Waals surface area contributed by atoms with Crippen molar-refractivity contribution in [1.29, 1.82) is 0 Å². The summed E-state index contributed by atoms with van der Waals surface area (Å²) in [6.07, 6.45) is 14.9. The van der Waals surface area contributed by atoms with E-state index in [4.69, 9.17) is 0 Å². The van der Waals surface area contributed by atoms with Gasteiger partial charge in [-0.25, -0.2) is 0 Å². The summed E-state index contributed by atoms with van der Waals surface area (Å²) in [4.78, 5) is 22.3. The second kappa shape index (κ2) is 14.5. The third-order valence-corrected chi connectivity index (χ3v) is 3.61. The third-order valence-electron chi connectivity index (χ3n) is 3.61. The summed E-state index contributed by atoms with van der Waals surface area (Å²) in [6.45, 7) is 4.00. The van der Waals surface area contributed by atoms with Crippen molar-refractivity contribution in [3.63, 3.8) is 0 Å². The number of imide groups is 1. The lowest BCUT2D eigenvalue weighted by Gasteiger charge is -2.03. The van der Waals surface area contributed by atoms with Crippen LogP contribution in [-0.2, 0) is 9.59 Å². The van der Waals surface area contributed by atoms with Gasteiger partial charge in [0.05, 0.1) is 0 Å². The van der Waals surface area contributed by atoms with Crippen LogP contribution in [0, 0.1) is 0 Å². The lowest BCUT2D eigenvalue weighted by atomic mass is 10.1. The summed E-state index contributed by atoms with van der Waals surface area (Å²) in [5, 5.41) is 2.39. The highest BCUT2D eigenvalue weighted by Gasteiger charge is 2.04. The summed E-state index contributed by atoms with van der Waals surface area (Å²) in [5.41, 5.74) is 0. The molecule has 0 aliphatic rings. The Kier molecular flexibility index (Phi) is 13.9. The summed E-state index contributed by atoms with van der Waals surface area (Å²) < 4.78 is 0. The van der Waals surface area contributed by atoms with E-state index in [9.17, 15) is 9.59 Å². The van der Waals surface area contributed by atoms with Crippen LogP contribution in [0.5, 0.6) is 0 Å². The van der Waals surface area contributed by atoms with Gasteiger partial charge in [0.1, 0.15) is 0 Å². The van der Waals surface area contributed by atoms with Crippen LogP contribution in [0.1, 0.15) is 97.3 Å². The predicted molar refractivity (Wildman–Crippen MR) is 84.5 cm³/mol. The number of nitrogens with one attached hydrogen (secondary N) is 1. The van der Waals surface area contributed by atoms with Crippen molar-refractivity contribution >= 4 is 11.8 Å². The first-order valence-corrected chi connectivity index (χ1v) is 8.53. The molecule has 0 aromatic heterocycles. The van der Waals surface area contributed by atoms with Crippen molar-refractivity contribution < 1.29 is 9.59 Å². The van der Waals surface area contributed by atoms with Gasteiger partial charge in [0.2, 0.25) is 11.8 Å². The van der Waals surface area contributed by atoms with Crippen molar-refractivity contribution in [2.75, 3.05) is 0 Å². The van der Waals surface area contributed by atoms with Crippen LogP contribution in [0.15, 0.2) is 0 Å². The van der Waals surface area contributed by atoms with Crippen LogP contribution in [0.25, 0.3) is 0 Å². The molecule has 3 nitrogen and oxygen atoms in total. The number of hydrogen-bond acceptors (Lipinski definition) is 2. The molecule has 0 atom stereocenters. The number of unbranched alkanes of at least 4 members (excludes halogenated alkanes) is 10. The van der Waals surface area contributed by atoms with E-state index in [2.05, 4.69) is 12.2 Å². The van der Waals surface area contributed by atoms with Crippen LogP contribution in [0.4, 0.5) is 0 Å². The SMILES string of the molecule is CCCCCCCCCCCCCC(=O)NC(=O)CC. The zero-order valence-corrected chi connectivity index (χ0v) is 13.5. The fourth-order valence-corrected chi connectivity index (χ4v) is 2.26. The van der Waals surface area contributed by atoms with Gasteiger partial charge in [-0.05, 0) is 6.42 Å². The molecule has 2 amide bonds. The monoisotopic (exact) mass is 283 g/mol. The number of rotatable bonds is 13. The van der Waals surface area contributed by atoms with Crippen molar-refractivity contribution in [1.82, 2.24) is 5.32 Å². The standard InChI is InChI=1S/C17H33NO2/c1-3-5-6-7-8-9-10-11-12-13-14-15-17(20)18-16(19)4-2/h3-15H2,1-2H3,(H,18,19,20). The minimum absolute atomic E-state index is 0.118. The van der Waals surface area contributed by atoms with Crippen LogP contribution in [0.3, 0.4) is 0 Å². The zero-order chi connectivity index (χ0) is 15.1. The molecule has 0 bridgehead atoms. The lowest BCUT2D eigenvalue weighted by molar-refractivity contribution is -0.130. The number of hydrogen-bond donors (Lipinski definition) is 1. The van der Waals surface area contributed by atoms with Crippen LogP contribution in [-0.4, -0.2) is 11.8 Å². The quantitative estimate of drug-likeness (QED) is 0.496. The summed E-state index contributed by atoms with van der Waals surface area (Å²) in [5.74, 6) is -0.286. The first-order chi connectivity index (χ1) is 9.70. The average molecular weight is 283 g/mol. The third kappa shape index (κ3) is 13.6. The van der Waals surface area contributed by atoms with Crippen LogP contribution in [0.2, 0.25) is 0 Å². The Hall–Kier alpha value is -0.860. The Balaban J connectivity index is 3.16. The van der Waals surface area contributed by atoms with Crippen molar-refractivity contribution in [2.24, 2.45) is 0 Å². The molecule has 0 spiro atoms. The smallest absolute Gasteiger partial charge is 0.226 e. The van der Waals surface area contributed by atoms with Gasteiger partial charge >= 0.3 is 0 Å². The highest BCUT2D eigenvalue weighted by Crippen LogP contribution is 2.11. The molecule has 0 heterocycles. The van der Waals surface area contributed by atoms with Crippen LogP contribution >= 0.6 is 0 Å². The molecule has 0 saturated carbocycles. The zero-order valence-electron chi connectivity index (χ0n) is 13.5. The molecule has 0 unspecified atom stereocenters. The summed E-state index contributed by atoms with van der Waals surface area (Å²) in [6, 6.07) is 0. The Morgan fingerprint density at radius 1 is 0.650 bits per heavy atom. The van der Waals surface area contributed by atoms with Crippen molar-refractivity contribution in [2.45, 2.75) is 97.3 Å². The molecular weight excluding hydrogens is 250 g/mol. The maximum atomic E-state index is 11.3. The lowest BCUT2D eigenvalue weighted by Crippen LogP contribution is -2.29. The Morgan fingerprint density at radius 2 is 1.10 bits per heavy atom. The van der Waals surface area contributed by atoms with E-state index < -0.39 is 0 Å². The second-order valence-electron chi connectivity index (χ2n) is 5.61. The molecule has 0 aromatic carbocycles. The van der Waals surface area contributed by atoms with Crippen molar-refractivity contribution in [3.05, 3.63) is 0 Å². The van der Waals surface area contributed by atoms with Gasteiger partial charge < -0.3 is 0 Å². The Bertz CT molecular complexity index is 251. The normalized spacial score (nSPS) is 10.5. The highest BCUT2D eigenvalue weighted by atomic mass is 16.2. The average Bonchev–Trinajstić information content (AvgIpc) is 2.44. The molecular formula is C17H33NO2. The highest BCUT2D eigenvalue weighted by molar-refractivity contribution is 5.94. The van der Waals surface area contributed by atoms with Gasteiger partial charge in [0, 0.05) is 12.8 Å². The van der Waals surface area contributed by atoms with Gasteiger partial charge in [-0.15, -0.1) is 0 Å². The van der Waals surface area contributed by atoms with E-state index in [1.54, 1.807) is 6.92 Å². The van der Waals surface area contributed by atoms with Gasteiger partial charge in [-0.3, -0.25) is 14.9 Å². The van der Waals surface area contributed by atoms with Gasteiger partial charge in [-0.1, -0.05) is 78.1 Å². The molecule has 1 N–H and O–H groups in total. The fourth-order valence-electron chi connectivity index (χ4n) is 2.26. The molecule has 3 heteroatoms. The van der Waals surface area contributed by atoms with Gasteiger partial charge in [0.15, 0.2) is 0 Å². The van der Waals surface area contributed by atoms with E-state index in [-0.39, 0.29) is 11.8 Å². The minimum atomic E-state index is -0.168. The first-order valence-electron chi connectivity index (χ1n) is 8.53. The van der Waals surface area contributed by atoms with Gasteiger partial charge in [-0.2, -0.15) is 0 Å². The number of carbonyl (C=O) groups excluding carboxylic acids is 2. The molecule has 0 saturated heterocycles. The Morgan fingerprint density at radius 3 is 1.55 bits per heavy atom. The van der Waals surface area contributed by atoms with Gasteiger partial charge in [0.25, 0.3) is 0 Å². The molecule has 0 radical (unpaired) electrons. The molecule has 0 aliphatic heterocycles. The largest absolute Gasteiger partial charge is 0.296 e. The fraction of sp³-hybridized carbons (Fsp3) is 0.882. The van der Waals surface area contributed by atoms with E-state index in [0.29, 0.717) is 12.8 Å². The van der Waals surface area contributed by atoms with E-state index in [0.717, 1.165) is 12.8 Å². The maximum Gasteiger partial charge on any atom is 0.226 e. The molecule has 118 valence electrons. The van der Waals surface area contributed by atoms with Crippen molar-refractivity contribution in [3.8, 4) is 0 Å². The molecule has 0 aromatic rings. The molecule has 0 fully saturated rings. The van der Waals surface area contributed by atoms with E-state index in [1.807, 2.05) is 0 Å².